The Morgan fingerprint density at radius 1 is 1.29 bits per heavy atom. The van der Waals surface area contributed by atoms with E-state index in [4.69, 9.17) is 4.74 Å². The fraction of sp³-hybridized carbons (Fsp3) is 0.125. The molecule has 2 aromatic rings. The molecule has 0 radical (unpaired) electrons. The first-order chi connectivity index (χ1) is 10.1. The van der Waals surface area contributed by atoms with Crippen molar-refractivity contribution in [3.8, 4) is 5.75 Å². The summed E-state index contributed by atoms with van der Waals surface area (Å²) >= 11 is 2.15. The van der Waals surface area contributed by atoms with Gasteiger partial charge in [-0.2, -0.15) is 5.10 Å². The maximum atomic E-state index is 12.0. The normalized spacial score (nSPS) is 10.6. The van der Waals surface area contributed by atoms with Crippen molar-refractivity contribution in [1.29, 1.82) is 0 Å². The molecule has 0 saturated heterocycles. The minimum absolute atomic E-state index is 0.270. The average Bonchev–Trinajstić information content (AvgIpc) is 2.47. The lowest BCUT2D eigenvalue weighted by molar-refractivity contribution is 0.0955. The van der Waals surface area contributed by atoms with Crippen molar-refractivity contribution in [3.05, 3.63) is 62.7 Å². The van der Waals surface area contributed by atoms with Crippen LogP contribution in [0.2, 0.25) is 0 Å². The maximum absolute atomic E-state index is 12.0. The number of methoxy groups -OCH3 is 1. The van der Waals surface area contributed by atoms with Gasteiger partial charge < -0.3 is 4.74 Å². The van der Waals surface area contributed by atoms with E-state index in [1.54, 1.807) is 25.5 Å². The van der Waals surface area contributed by atoms with E-state index in [2.05, 4.69) is 33.1 Å². The molecule has 5 heteroatoms. The van der Waals surface area contributed by atoms with E-state index in [0.29, 0.717) is 11.3 Å². The van der Waals surface area contributed by atoms with Gasteiger partial charge in [0.05, 0.1) is 16.9 Å². The lowest BCUT2D eigenvalue weighted by atomic mass is 10.2. The third-order valence-electron chi connectivity index (χ3n) is 2.84. The summed E-state index contributed by atoms with van der Waals surface area (Å²) in [6.07, 6.45) is 1.62. The number of hydrogen-bond acceptors (Lipinski definition) is 3. The molecule has 1 amide bonds. The van der Waals surface area contributed by atoms with Crippen LogP contribution in [0.25, 0.3) is 0 Å². The third-order valence-corrected chi connectivity index (χ3v) is 3.73. The lowest BCUT2D eigenvalue weighted by Gasteiger charge is -2.05. The highest BCUT2D eigenvalue weighted by atomic mass is 127. The summed E-state index contributed by atoms with van der Waals surface area (Å²) in [7, 11) is 1.58. The molecule has 4 nitrogen and oxygen atoms in total. The standard InChI is InChI=1S/C16H15IN2O2/c1-11-4-3-5-12(8-11)10-18-19-16(20)13-6-7-14(17)15(9-13)21-2/h3-10H,1-2H3,(H,19,20)/b18-10-. The molecule has 0 unspecified atom stereocenters. The molecule has 0 aliphatic heterocycles. The number of amides is 1. The van der Waals surface area contributed by atoms with Gasteiger partial charge in [0.1, 0.15) is 5.75 Å². The molecule has 0 saturated carbocycles. The number of halogens is 1. The molecule has 2 rings (SSSR count). The predicted molar refractivity (Wildman–Crippen MR) is 92.0 cm³/mol. The summed E-state index contributed by atoms with van der Waals surface area (Å²) in [5.74, 6) is 0.402. The number of hydrogen-bond donors (Lipinski definition) is 1. The van der Waals surface area contributed by atoms with Gasteiger partial charge in [-0.15, -0.1) is 0 Å². The summed E-state index contributed by atoms with van der Waals surface area (Å²) < 4.78 is 6.15. The number of carbonyl (C=O) groups excluding carboxylic acids is 1. The van der Waals surface area contributed by atoms with Crippen LogP contribution >= 0.6 is 22.6 Å². The second-order valence-electron chi connectivity index (χ2n) is 4.46. The Bertz CT molecular complexity index is 684. The van der Waals surface area contributed by atoms with Crippen molar-refractivity contribution >= 4 is 34.7 Å². The highest BCUT2D eigenvalue weighted by Crippen LogP contribution is 2.21. The van der Waals surface area contributed by atoms with Crippen molar-refractivity contribution < 1.29 is 9.53 Å². The molecule has 2 aromatic carbocycles. The fourth-order valence-electron chi connectivity index (χ4n) is 1.78. The van der Waals surface area contributed by atoms with Crippen molar-refractivity contribution in [3.63, 3.8) is 0 Å². The molecule has 108 valence electrons. The summed E-state index contributed by atoms with van der Waals surface area (Å²) in [6.45, 7) is 2.01. The van der Waals surface area contributed by atoms with E-state index in [0.717, 1.165) is 14.7 Å². The highest BCUT2D eigenvalue weighted by molar-refractivity contribution is 14.1. The number of rotatable bonds is 4. The molecule has 0 atom stereocenters. The van der Waals surface area contributed by atoms with Crippen LogP contribution in [0.15, 0.2) is 47.6 Å². The van der Waals surface area contributed by atoms with Crippen LogP contribution in [0.4, 0.5) is 0 Å². The molecular weight excluding hydrogens is 379 g/mol. The summed E-state index contributed by atoms with van der Waals surface area (Å²) in [5.41, 5.74) is 5.10. The van der Waals surface area contributed by atoms with Gasteiger partial charge in [-0.05, 0) is 53.3 Å². The zero-order valence-electron chi connectivity index (χ0n) is 11.8. The first kappa shape index (κ1) is 15.5. The number of aryl methyl sites for hydroxylation is 1. The van der Waals surface area contributed by atoms with Gasteiger partial charge in [-0.1, -0.05) is 29.8 Å². The Hall–Kier alpha value is -1.89. The number of nitrogens with one attached hydrogen (secondary N) is 1. The lowest BCUT2D eigenvalue weighted by Crippen LogP contribution is -2.17. The zero-order chi connectivity index (χ0) is 15.2. The van der Waals surface area contributed by atoms with Crippen molar-refractivity contribution in [2.45, 2.75) is 6.92 Å². The van der Waals surface area contributed by atoms with E-state index < -0.39 is 0 Å². The molecule has 0 heterocycles. The van der Waals surface area contributed by atoms with Gasteiger partial charge in [0.15, 0.2) is 0 Å². The van der Waals surface area contributed by atoms with E-state index in [-0.39, 0.29) is 5.91 Å². The summed E-state index contributed by atoms with van der Waals surface area (Å²) in [6, 6.07) is 13.1. The SMILES string of the molecule is COc1cc(C(=O)N/N=C\c2cccc(C)c2)ccc1I. The first-order valence-electron chi connectivity index (χ1n) is 6.34. The topological polar surface area (TPSA) is 50.7 Å². The van der Waals surface area contributed by atoms with Gasteiger partial charge in [-0.3, -0.25) is 4.79 Å². The number of carbonyl (C=O) groups is 1. The summed E-state index contributed by atoms with van der Waals surface area (Å²) in [4.78, 5) is 12.0. The summed E-state index contributed by atoms with van der Waals surface area (Å²) in [5, 5.41) is 3.97. The smallest absolute Gasteiger partial charge is 0.271 e. The van der Waals surface area contributed by atoms with Crippen LogP contribution < -0.4 is 10.2 Å². The monoisotopic (exact) mass is 394 g/mol. The molecule has 21 heavy (non-hydrogen) atoms. The zero-order valence-corrected chi connectivity index (χ0v) is 13.9. The van der Waals surface area contributed by atoms with Crippen LogP contribution in [0.3, 0.4) is 0 Å². The Morgan fingerprint density at radius 2 is 2.10 bits per heavy atom. The number of ether oxygens (including phenoxy) is 1. The second kappa shape index (κ2) is 7.21. The number of benzene rings is 2. The number of nitrogens with zero attached hydrogens (tertiary/aromatic N) is 1. The Balaban J connectivity index is 2.05. The fourth-order valence-corrected chi connectivity index (χ4v) is 2.34. The van der Waals surface area contributed by atoms with E-state index >= 15 is 0 Å². The molecule has 1 N–H and O–H groups in total. The van der Waals surface area contributed by atoms with Crippen LogP contribution in [0.5, 0.6) is 5.75 Å². The van der Waals surface area contributed by atoms with Gasteiger partial charge in [0, 0.05) is 5.56 Å². The van der Waals surface area contributed by atoms with Crippen molar-refractivity contribution in [2.24, 2.45) is 5.10 Å². The van der Waals surface area contributed by atoms with E-state index in [9.17, 15) is 4.79 Å². The second-order valence-corrected chi connectivity index (χ2v) is 5.62. The molecular formula is C16H15IN2O2. The average molecular weight is 394 g/mol. The minimum Gasteiger partial charge on any atom is -0.496 e. The quantitative estimate of drug-likeness (QED) is 0.491. The molecule has 0 aliphatic carbocycles. The molecule has 0 spiro atoms. The van der Waals surface area contributed by atoms with Gasteiger partial charge >= 0.3 is 0 Å². The highest BCUT2D eigenvalue weighted by Gasteiger charge is 2.08. The van der Waals surface area contributed by atoms with Gasteiger partial charge in [0.2, 0.25) is 0 Å². The third kappa shape index (κ3) is 4.29. The van der Waals surface area contributed by atoms with Crippen LogP contribution in [0.1, 0.15) is 21.5 Å². The predicted octanol–water partition coefficient (Wildman–Crippen LogP) is 3.37. The van der Waals surface area contributed by atoms with Crippen LogP contribution in [0, 0.1) is 10.5 Å². The first-order valence-corrected chi connectivity index (χ1v) is 7.41. The van der Waals surface area contributed by atoms with E-state index in [1.165, 1.54) is 0 Å². The molecule has 0 aliphatic rings. The van der Waals surface area contributed by atoms with Crippen LogP contribution in [-0.2, 0) is 0 Å². The molecule has 0 fully saturated rings. The van der Waals surface area contributed by atoms with Gasteiger partial charge in [-0.25, -0.2) is 5.43 Å². The van der Waals surface area contributed by atoms with Gasteiger partial charge in [0.25, 0.3) is 5.91 Å². The maximum Gasteiger partial charge on any atom is 0.271 e. The van der Waals surface area contributed by atoms with Crippen molar-refractivity contribution in [2.75, 3.05) is 7.11 Å². The van der Waals surface area contributed by atoms with E-state index in [1.807, 2.05) is 37.3 Å². The minimum atomic E-state index is -0.270. The largest absolute Gasteiger partial charge is 0.496 e. The van der Waals surface area contributed by atoms with Crippen molar-refractivity contribution in [1.82, 2.24) is 5.43 Å². The van der Waals surface area contributed by atoms with Crippen LogP contribution in [-0.4, -0.2) is 19.2 Å². The molecule has 0 bridgehead atoms. The number of hydrazone groups is 1. The Labute approximate surface area is 137 Å². The molecule has 0 aromatic heterocycles. The Kier molecular flexibility index (Phi) is 5.32. The Morgan fingerprint density at radius 3 is 2.81 bits per heavy atom.